The first-order chi connectivity index (χ1) is 7.02. The van der Waals surface area contributed by atoms with Crippen LogP contribution in [0.2, 0.25) is 0 Å². The van der Waals surface area contributed by atoms with Crippen LogP contribution in [0.3, 0.4) is 0 Å². The highest BCUT2D eigenvalue weighted by molar-refractivity contribution is 5.86. The summed E-state index contributed by atoms with van der Waals surface area (Å²) in [5, 5.41) is 0. The Morgan fingerprint density at radius 3 is 2.33 bits per heavy atom. The molecule has 0 spiro atoms. The number of carbonyl (C=O) groups is 2. The molecule has 5 nitrogen and oxygen atoms in total. The molecule has 1 saturated carbocycles. The molecular formula is C10H19N3O2. The molecule has 2 amide bonds. The van der Waals surface area contributed by atoms with Gasteiger partial charge in [0.25, 0.3) is 0 Å². The minimum Gasteiger partial charge on any atom is -0.368 e. The fourth-order valence-corrected chi connectivity index (χ4v) is 2.03. The molecule has 1 rings (SSSR count). The number of hydrogen-bond acceptors (Lipinski definition) is 3. The van der Waals surface area contributed by atoms with Gasteiger partial charge in [-0.05, 0) is 19.8 Å². The van der Waals surface area contributed by atoms with Gasteiger partial charge in [-0.25, -0.2) is 0 Å². The lowest BCUT2D eigenvalue weighted by molar-refractivity contribution is -0.138. The molecule has 1 aliphatic rings. The Morgan fingerprint density at radius 1 is 1.40 bits per heavy atom. The van der Waals surface area contributed by atoms with Crippen molar-refractivity contribution in [3.8, 4) is 0 Å². The Balaban J connectivity index is 2.67. The molecule has 4 N–H and O–H groups in total. The molecule has 1 atom stereocenters. The van der Waals surface area contributed by atoms with Crippen LogP contribution in [-0.2, 0) is 9.59 Å². The number of nitrogens with zero attached hydrogens (tertiary/aromatic N) is 1. The van der Waals surface area contributed by atoms with Crippen molar-refractivity contribution < 1.29 is 9.59 Å². The fraction of sp³-hybridized carbons (Fsp3) is 0.800. The molecule has 1 fully saturated rings. The van der Waals surface area contributed by atoms with Gasteiger partial charge >= 0.3 is 0 Å². The summed E-state index contributed by atoms with van der Waals surface area (Å²) in [5.74, 6) is -0.656. The molecule has 0 aliphatic heterocycles. The van der Waals surface area contributed by atoms with Crippen molar-refractivity contribution in [3.63, 3.8) is 0 Å². The van der Waals surface area contributed by atoms with E-state index in [1.165, 1.54) is 0 Å². The van der Waals surface area contributed by atoms with Gasteiger partial charge in [-0.1, -0.05) is 12.8 Å². The Morgan fingerprint density at radius 2 is 1.93 bits per heavy atom. The summed E-state index contributed by atoms with van der Waals surface area (Å²) in [5.41, 5.74) is 10.7. The highest BCUT2D eigenvalue weighted by atomic mass is 16.2. The summed E-state index contributed by atoms with van der Waals surface area (Å²) in [7, 11) is 0. The fourth-order valence-electron chi connectivity index (χ4n) is 2.03. The van der Waals surface area contributed by atoms with Crippen molar-refractivity contribution in [1.82, 2.24) is 4.90 Å². The van der Waals surface area contributed by atoms with Crippen LogP contribution in [0.25, 0.3) is 0 Å². The van der Waals surface area contributed by atoms with Gasteiger partial charge in [0.2, 0.25) is 11.8 Å². The highest BCUT2D eigenvalue weighted by Gasteiger charge is 2.29. The molecule has 0 radical (unpaired) electrons. The van der Waals surface area contributed by atoms with E-state index in [-0.39, 0.29) is 18.5 Å². The Kier molecular flexibility index (Phi) is 4.08. The average Bonchev–Trinajstić information content (AvgIpc) is 2.65. The second-order valence-electron chi connectivity index (χ2n) is 4.16. The van der Waals surface area contributed by atoms with E-state index < -0.39 is 11.9 Å². The lowest BCUT2D eigenvalue weighted by atomic mass is 10.1. The Labute approximate surface area is 89.8 Å². The third-order valence-electron chi connectivity index (χ3n) is 2.76. The predicted octanol–water partition coefficient (Wildman–Crippen LogP) is -0.410. The summed E-state index contributed by atoms with van der Waals surface area (Å²) in [6.45, 7) is 1.62. The smallest absolute Gasteiger partial charge is 0.239 e. The molecule has 15 heavy (non-hydrogen) atoms. The van der Waals surface area contributed by atoms with Crippen molar-refractivity contribution in [2.75, 3.05) is 6.54 Å². The molecule has 0 aromatic heterocycles. The second kappa shape index (κ2) is 5.11. The van der Waals surface area contributed by atoms with Crippen LogP contribution in [-0.4, -0.2) is 35.3 Å². The first-order valence-electron chi connectivity index (χ1n) is 5.36. The number of hydrogen-bond donors (Lipinski definition) is 2. The van der Waals surface area contributed by atoms with E-state index in [9.17, 15) is 9.59 Å². The van der Waals surface area contributed by atoms with Crippen LogP contribution in [0, 0.1) is 0 Å². The Bertz CT molecular complexity index is 247. The Hall–Kier alpha value is -1.10. The summed E-state index contributed by atoms with van der Waals surface area (Å²) in [6.07, 6.45) is 4.11. The SMILES string of the molecule is CC(N)C(=O)N(CC(N)=O)C1CCCC1. The molecular weight excluding hydrogens is 194 g/mol. The van der Waals surface area contributed by atoms with Gasteiger partial charge in [0, 0.05) is 6.04 Å². The minimum atomic E-state index is -0.565. The zero-order valence-corrected chi connectivity index (χ0v) is 9.11. The summed E-state index contributed by atoms with van der Waals surface area (Å²) >= 11 is 0. The van der Waals surface area contributed by atoms with Crippen LogP contribution < -0.4 is 11.5 Å². The van der Waals surface area contributed by atoms with Crippen LogP contribution in [0.15, 0.2) is 0 Å². The monoisotopic (exact) mass is 213 g/mol. The minimum absolute atomic E-state index is 0.00889. The van der Waals surface area contributed by atoms with E-state index in [0.717, 1.165) is 25.7 Å². The van der Waals surface area contributed by atoms with Crippen molar-refractivity contribution in [2.45, 2.75) is 44.7 Å². The summed E-state index contributed by atoms with van der Waals surface area (Å²) in [4.78, 5) is 24.2. The van der Waals surface area contributed by atoms with Crippen LogP contribution in [0.4, 0.5) is 0 Å². The summed E-state index contributed by atoms with van der Waals surface area (Å²) in [6, 6.07) is -0.416. The molecule has 1 aliphatic carbocycles. The maximum Gasteiger partial charge on any atom is 0.239 e. The molecule has 0 aromatic rings. The average molecular weight is 213 g/mol. The zero-order chi connectivity index (χ0) is 11.4. The lowest BCUT2D eigenvalue weighted by Crippen LogP contribution is -2.50. The van der Waals surface area contributed by atoms with Crippen molar-refractivity contribution >= 4 is 11.8 Å². The maximum absolute atomic E-state index is 11.8. The van der Waals surface area contributed by atoms with Gasteiger partial charge in [-0.3, -0.25) is 9.59 Å². The molecule has 0 heterocycles. The van der Waals surface area contributed by atoms with Gasteiger partial charge in [-0.15, -0.1) is 0 Å². The van der Waals surface area contributed by atoms with E-state index in [1.54, 1.807) is 11.8 Å². The zero-order valence-electron chi connectivity index (χ0n) is 9.11. The van der Waals surface area contributed by atoms with E-state index in [4.69, 9.17) is 11.5 Å². The van der Waals surface area contributed by atoms with Crippen molar-refractivity contribution in [1.29, 1.82) is 0 Å². The quantitative estimate of drug-likeness (QED) is 0.665. The van der Waals surface area contributed by atoms with Gasteiger partial charge in [-0.2, -0.15) is 0 Å². The number of rotatable bonds is 4. The third-order valence-corrected chi connectivity index (χ3v) is 2.76. The molecule has 0 saturated heterocycles. The third kappa shape index (κ3) is 3.20. The molecule has 1 unspecified atom stereocenters. The van der Waals surface area contributed by atoms with Gasteiger partial charge in [0.1, 0.15) is 0 Å². The van der Waals surface area contributed by atoms with Crippen LogP contribution in [0.5, 0.6) is 0 Å². The van der Waals surface area contributed by atoms with Crippen molar-refractivity contribution in [2.24, 2.45) is 11.5 Å². The molecule has 86 valence electrons. The lowest BCUT2D eigenvalue weighted by Gasteiger charge is -2.29. The predicted molar refractivity (Wildman–Crippen MR) is 56.8 cm³/mol. The molecule has 0 bridgehead atoms. The van der Waals surface area contributed by atoms with Crippen LogP contribution in [0.1, 0.15) is 32.6 Å². The standard InChI is InChI=1S/C10H19N3O2/c1-7(11)10(15)13(6-9(12)14)8-4-2-3-5-8/h7-8H,2-6,11H2,1H3,(H2,12,14). The number of nitrogens with two attached hydrogens (primary N) is 2. The van der Waals surface area contributed by atoms with E-state index in [2.05, 4.69) is 0 Å². The number of primary amides is 1. The van der Waals surface area contributed by atoms with E-state index in [1.807, 2.05) is 0 Å². The van der Waals surface area contributed by atoms with Gasteiger partial charge in [0.15, 0.2) is 0 Å². The normalized spacial score (nSPS) is 18.8. The first-order valence-corrected chi connectivity index (χ1v) is 5.36. The molecule has 0 aromatic carbocycles. The van der Waals surface area contributed by atoms with Gasteiger partial charge in [0.05, 0.1) is 12.6 Å². The van der Waals surface area contributed by atoms with E-state index >= 15 is 0 Å². The second-order valence-corrected chi connectivity index (χ2v) is 4.16. The molecule has 5 heteroatoms. The van der Waals surface area contributed by atoms with Crippen LogP contribution >= 0.6 is 0 Å². The van der Waals surface area contributed by atoms with E-state index in [0.29, 0.717) is 0 Å². The number of amides is 2. The number of carbonyl (C=O) groups excluding carboxylic acids is 2. The highest BCUT2D eigenvalue weighted by Crippen LogP contribution is 2.23. The summed E-state index contributed by atoms with van der Waals surface area (Å²) < 4.78 is 0. The topological polar surface area (TPSA) is 89.4 Å². The first kappa shape index (κ1) is 12.0. The van der Waals surface area contributed by atoms with Gasteiger partial charge < -0.3 is 16.4 Å². The largest absolute Gasteiger partial charge is 0.368 e. The van der Waals surface area contributed by atoms with Crippen molar-refractivity contribution in [3.05, 3.63) is 0 Å². The maximum atomic E-state index is 11.8.